The van der Waals surface area contributed by atoms with Gasteiger partial charge >= 0.3 is 17.7 Å². The molecule has 1 N–H and O–H groups in total. The summed E-state index contributed by atoms with van der Waals surface area (Å²) in [6, 6.07) is 3.84. The summed E-state index contributed by atoms with van der Waals surface area (Å²) in [6.07, 6.45) is 1.35. The second-order valence-corrected chi connectivity index (χ2v) is 4.89. The van der Waals surface area contributed by atoms with Crippen molar-refractivity contribution >= 4 is 17.7 Å². The molecule has 1 heterocycles. The number of amides is 1. The second-order valence-electron chi connectivity index (χ2n) is 4.75. The maximum Gasteiger partial charge on any atom is 0.407 e. The summed E-state index contributed by atoms with van der Waals surface area (Å²) < 4.78 is 21.7. The first kappa shape index (κ1) is 17.2. The van der Waals surface area contributed by atoms with E-state index in [0.29, 0.717) is 6.54 Å². The van der Waals surface area contributed by atoms with Crippen LogP contribution in [0.25, 0.3) is 0 Å². The third-order valence-electron chi connectivity index (χ3n) is 1.79. The van der Waals surface area contributed by atoms with E-state index in [0.717, 1.165) is 11.3 Å². The number of aryl methyl sites for hydroxylation is 1. The van der Waals surface area contributed by atoms with Gasteiger partial charge in [-0.15, -0.1) is 0 Å². The Hall–Kier alpha value is -1.76. The molecular formula is C12H18N2O4S. The summed E-state index contributed by atoms with van der Waals surface area (Å²) in [5.74, 6) is 0. The van der Waals surface area contributed by atoms with E-state index in [4.69, 9.17) is 13.2 Å². The van der Waals surface area contributed by atoms with E-state index in [-0.39, 0.29) is 0 Å². The molecule has 106 valence electrons. The van der Waals surface area contributed by atoms with Crippen LogP contribution < -0.4 is 5.32 Å². The summed E-state index contributed by atoms with van der Waals surface area (Å²) in [5, 5.41) is 2.65. The maximum absolute atomic E-state index is 11.3. The van der Waals surface area contributed by atoms with Crippen molar-refractivity contribution in [1.82, 2.24) is 10.3 Å². The molecule has 0 aromatic carbocycles. The molecule has 0 spiro atoms. The Bertz CT molecular complexity index is 434. The molecule has 0 atom stereocenters. The van der Waals surface area contributed by atoms with Gasteiger partial charge in [0.25, 0.3) is 0 Å². The van der Waals surface area contributed by atoms with Crippen LogP contribution in [0, 0.1) is 6.92 Å². The molecule has 0 saturated carbocycles. The van der Waals surface area contributed by atoms with Gasteiger partial charge in [0.2, 0.25) is 0 Å². The van der Waals surface area contributed by atoms with Gasteiger partial charge < -0.3 is 10.1 Å². The van der Waals surface area contributed by atoms with Crippen molar-refractivity contribution in [1.29, 1.82) is 0 Å². The molecule has 19 heavy (non-hydrogen) atoms. The Morgan fingerprint density at radius 1 is 1.37 bits per heavy atom. The van der Waals surface area contributed by atoms with Gasteiger partial charge in [0.05, 0.1) is 12.2 Å². The summed E-state index contributed by atoms with van der Waals surface area (Å²) >= 11 is -0.750. The summed E-state index contributed by atoms with van der Waals surface area (Å²) in [7, 11) is 0. The number of hydrogen-bond acceptors (Lipinski definition) is 5. The first-order valence-electron chi connectivity index (χ1n) is 5.58. The van der Waals surface area contributed by atoms with Gasteiger partial charge in [-0.3, -0.25) is 4.98 Å². The Morgan fingerprint density at radius 3 is 2.37 bits per heavy atom. The molecule has 1 amide bonds. The number of rotatable bonds is 2. The number of nitrogens with one attached hydrogen (secondary N) is 1. The predicted molar refractivity (Wildman–Crippen MR) is 71.0 cm³/mol. The number of carbonyl (C=O) groups is 1. The summed E-state index contributed by atoms with van der Waals surface area (Å²) in [5.41, 5.74) is 1.45. The van der Waals surface area contributed by atoms with Crippen LogP contribution in [0.3, 0.4) is 0 Å². The van der Waals surface area contributed by atoms with Crippen LogP contribution in [-0.4, -0.2) is 25.1 Å². The van der Waals surface area contributed by atoms with Crippen molar-refractivity contribution in [3.63, 3.8) is 0 Å². The largest absolute Gasteiger partial charge is 0.444 e. The lowest BCUT2D eigenvalue weighted by Gasteiger charge is -2.19. The van der Waals surface area contributed by atoms with E-state index < -0.39 is 23.3 Å². The van der Waals surface area contributed by atoms with E-state index in [1.54, 1.807) is 6.20 Å². The lowest BCUT2D eigenvalue weighted by molar-refractivity contribution is 0.0523. The topological polar surface area (TPSA) is 85.4 Å². The van der Waals surface area contributed by atoms with Crippen LogP contribution in [0.5, 0.6) is 0 Å². The first-order chi connectivity index (χ1) is 8.78. The Morgan fingerprint density at radius 2 is 1.95 bits per heavy atom. The molecule has 0 unspecified atom stereocenters. The van der Waals surface area contributed by atoms with E-state index >= 15 is 0 Å². The molecular weight excluding hydrogens is 268 g/mol. The minimum atomic E-state index is -0.750. The Balaban J connectivity index is 0.000000982. The van der Waals surface area contributed by atoms with Crippen LogP contribution in [0.15, 0.2) is 18.3 Å². The number of nitrogens with zero attached hydrogens (tertiary/aromatic N) is 1. The van der Waals surface area contributed by atoms with Gasteiger partial charge in [0.1, 0.15) is 5.60 Å². The minimum absolute atomic E-state index is 0.384. The van der Waals surface area contributed by atoms with E-state index in [1.165, 1.54) is 0 Å². The number of ether oxygens (including phenoxy) is 1. The highest BCUT2D eigenvalue weighted by atomic mass is 32.1. The predicted octanol–water partition coefficient (Wildman–Crippen LogP) is 1.74. The molecule has 0 saturated heterocycles. The lowest BCUT2D eigenvalue weighted by atomic mass is 10.2. The van der Waals surface area contributed by atoms with Crippen molar-refractivity contribution in [3.8, 4) is 0 Å². The zero-order chi connectivity index (χ0) is 14.9. The van der Waals surface area contributed by atoms with Gasteiger partial charge in [0.15, 0.2) is 0 Å². The fourth-order valence-corrected chi connectivity index (χ4v) is 1.08. The van der Waals surface area contributed by atoms with Gasteiger partial charge in [-0.05, 0) is 39.3 Å². The standard InChI is InChI=1S/C12H18N2O2.O2S/c1-9-5-6-10(13-7-9)8-14-11(15)16-12(2,3)4;1-3-2/h5-7H,8H2,1-4H3,(H,14,15);. The zero-order valence-electron chi connectivity index (χ0n) is 11.4. The Labute approximate surface area is 116 Å². The van der Waals surface area contributed by atoms with Crippen LogP contribution in [-0.2, 0) is 22.9 Å². The van der Waals surface area contributed by atoms with Crippen molar-refractivity contribution in [2.45, 2.75) is 39.8 Å². The lowest BCUT2D eigenvalue weighted by Crippen LogP contribution is -2.32. The summed E-state index contributed by atoms with van der Waals surface area (Å²) in [4.78, 5) is 15.5. The highest BCUT2D eigenvalue weighted by molar-refractivity contribution is 7.51. The normalized spacial score (nSPS) is 9.89. The molecule has 1 aromatic rings. The molecule has 0 aliphatic heterocycles. The third-order valence-corrected chi connectivity index (χ3v) is 1.79. The number of alkyl carbamates (subject to hydrolysis) is 1. The van der Waals surface area contributed by atoms with Crippen LogP contribution in [0.4, 0.5) is 4.79 Å². The monoisotopic (exact) mass is 286 g/mol. The first-order valence-corrected chi connectivity index (χ1v) is 6.25. The van der Waals surface area contributed by atoms with Gasteiger partial charge in [0, 0.05) is 6.20 Å². The van der Waals surface area contributed by atoms with Gasteiger partial charge in [-0.2, -0.15) is 8.42 Å². The van der Waals surface area contributed by atoms with Crippen molar-refractivity contribution in [3.05, 3.63) is 29.6 Å². The smallest absolute Gasteiger partial charge is 0.407 e. The maximum atomic E-state index is 11.3. The third kappa shape index (κ3) is 9.90. The molecule has 0 aliphatic carbocycles. The highest BCUT2D eigenvalue weighted by Crippen LogP contribution is 2.06. The van der Waals surface area contributed by atoms with Crippen LogP contribution in [0.2, 0.25) is 0 Å². The quantitative estimate of drug-likeness (QED) is 0.895. The molecule has 0 radical (unpaired) electrons. The molecule has 1 rings (SSSR count). The Kier molecular flexibility index (Phi) is 7.59. The average Bonchev–Trinajstić information content (AvgIpc) is 2.27. The SMILES string of the molecule is Cc1ccc(CNC(=O)OC(C)(C)C)nc1.O=S=O. The molecule has 6 nitrogen and oxygen atoms in total. The molecule has 0 bridgehead atoms. The number of carbonyl (C=O) groups excluding carboxylic acids is 1. The second kappa shape index (κ2) is 8.36. The fourth-order valence-electron chi connectivity index (χ4n) is 1.08. The number of hydrogen-bond donors (Lipinski definition) is 1. The zero-order valence-corrected chi connectivity index (χ0v) is 12.2. The number of aromatic nitrogens is 1. The molecule has 1 aromatic heterocycles. The van der Waals surface area contributed by atoms with Crippen LogP contribution in [0.1, 0.15) is 32.0 Å². The minimum Gasteiger partial charge on any atom is -0.444 e. The van der Waals surface area contributed by atoms with Crippen molar-refractivity contribution in [2.24, 2.45) is 0 Å². The molecule has 0 aliphatic rings. The average molecular weight is 286 g/mol. The van der Waals surface area contributed by atoms with E-state index in [9.17, 15) is 4.79 Å². The van der Waals surface area contributed by atoms with Crippen molar-refractivity contribution < 1.29 is 17.9 Å². The molecule has 7 heteroatoms. The molecule has 0 fully saturated rings. The van der Waals surface area contributed by atoms with Crippen LogP contribution >= 0.6 is 0 Å². The van der Waals surface area contributed by atoms with Crippen molar-refractivity contribution in [2.75, 3.05) is 0 Å². The highest BCUT2D eigenvalue weighted by Gasteiger charge is 2.15. The van der Waals surface area contributed by atoms with Gasteiger partial charge in [-0.1, -0.05) is 6.07 Å². The fraction of sp³-hybridized carbons (Fsp3) is 0.500. The summed E-state index contributed by atoms with van der Waals surface area (Å²) in [6.45, 7) is 7.84. The van der Waals surface area contributed by atoms with E-state index in [1.807, 2.05) is 39.8 Å². The van der Waals surface area contributed by atoms with E-state index in [2.05, 4.69) is 10.3 Å². The van der Waals surface area contributed by atoms with Gasteiger partial charge in [-0.25, -0.2) is 4.79 Å². The number of pyridine rings is 1.